The highest BCUT2D eigenvalue weighted by Crippen LogP contribution is 2.36. The molecule has 0 amide bonds. The van der Waals surface area contributed by atoms with Gasteiger partial charge in [-0.2, -0.15) is 0 Å². The van der Waals surface area contributed by atoms with Gasteiger partial charge < -0.3 is 20.6 Å². The van der Waals surface area contributed by atoms with Gasteiger partial charge >= 0.3 is 5.97 Å². The highest BCUT2D eigenvalue weighted by molar-refractivity contribution is 5.70. The first kappa shape index (κ1) is 16.7. The predicted molar refractivity (Wildman–Crippen MR) is 80.0 cm³/mol. The van der Waals surface area contributed by atoms with Crippen LogP contribution in [-0.2, 0) is 4.79 Å². The lowest BCUT2D eigenvalue weighted by atomic mass is 9.74. The summed E-state index contributed by atoms with van der Waals surface area (Å²) in [6.07, 6.45) is 7.90. The number of carboxylic acid groups (broad SMARTS) is 1. The molecule has 0 aromatic carbocycles. The largest absolute Gasteiger partial charge is 0.481 e. The zero-order valence-electron chi connectivity index (χ0n) is 12.8. The second kappa shape index (κ2) is 7.07. The zero-order chi connectivity index (χ0) is 15.3. The lowest BCUT2D eigenvalue weighted by Gasteiger charge is -2.39. The normalized spacial score (nSPS) is 32.8. The molecule has 0 heterocycles. The molecule has 2 rings (SSSR count). The Morgan fingerprint density at radius 3 is 2.19 bits per heavy atom. The van der Waals surface area contributed by atoms with Crippen molar-refractivity contribution in [2.75, 3.05) is 19.7 Å². The van der Waals surface area contributed by atoms with Gasteiger partial charge in [-0.1, -0.05) is 19.3 Å². The van der Waals surface area contributed by atoms with Crippen LogP contribution in [0.3, 0.4) is 0 Å². The molecule has 0 aromatic heterocycles. The Balaban J connectivity index is 1.76. The minimum Gasteiger partial charge on any atom is -0.481 e. The van der Waals surface area contributed by atoms with Gasteiger partial charge in [-0.3, -0.25) is 4.79 Å². The van der Waals surface area contributed by atoms with Crippen LogP contribution in [0.25, 0.3) is 0 Å². The molecule has 21 heavy (non-hydrogen) atoms. The van der Waals surface area contributed by atoms with Crippen LogP contribution in [0.15, 0.2) is 0 Å². The minimum atomic E-state index is -0.780. The molecule has 0 aliphatic heterocycles. The molecule has 0 spiro atoms. The van der Waals surface area contributed by atoms with Crippen LogP contribution in [0.2, 0.25) is 0 Å². The molecule has 2 aliphatic carbocycles. The SMILES string of the molecule is O=C(O)C1CCC(O)(CNCC2(CO)CCCCC2)CC1. The van der Waals surface area contributed by atoms with Gasteiger partial charge in [-0.05, 0) is 38.5 Å². The maximum atomic E-state index is 10.9. The molecule has 2 aliphatic rings. The van der Waals surface area contributed by atoms with Crippen LogP contribution in [0, 0.1) is 11.3 Å². The van der Waals surface area contributed by atoms with E-state index in [1.165, 1.54) is 19.3 Å². The third-order valence-corrected chi connectivity index (χ3v) is 5.47. The summed E-state index contributed by atoms with van der Waals surface area (Å²) >= 11 is 0. The molecule has 0 atom stereocenters. The first-order valence-electron chi connectivity index (χ1n) is 8.25. The molecule has 122 valence electrons. The maximum absolute atomic E-state index is 10.9. The summed E-state index contributed by atoms with van der Waals surface area (Å²) in [7, 11) is 0. The quantitative estimate of drug-likeness (QED) is 0.597. The summed E-state index contributed by atoms with van der Waals surface area (Å²) in [6.45, 7) is 1.45. The van der Waals surface area contributed by atoms with Crippen molar-refractivity contribution in [1.29, 1.82) is 0 Å². The molecule has 0 bridgehead atoms. The molecule has 5 nitrogen and oxygen atoms in total. The van der Waals surface area contributed by atoms with E-state index in [9.17, 15) is 15.0 Å². The van der Waals surface area contributed by atoms with Gasteiger partial charge in [-0.15, -0.1) is 0 Å². The van der Waals surface area contributed by atoms with Crippen molar-refractivity contribution in [3.8, 4) is 0 Å². The van der Waals surface area contributed by atoms with Crippen molar-refractivity contribution >= 4 is 5.97 Å². The van der Waals surface area contributed by atoms with Crippen LogP contribution in [0.4, 0.5) is 0 Å². The molecule has 5 heteroatoms. The topological polar surface area (TPSA) is 89.8 Å². The van der Waals surface area contributed by atoms with E-state index in [2.05, 4.69) is 5.32 Å². The van der Waals surface area contributed by atoms with Crippen molar-refractivity contribution in [2.24, 2.45) is 11.3 Å². The fourth-order valence-corrected chi connectivity index (χ4v) is 3.83. The number of hydrogen-bond acceptors (Lipinski definition) is 4. The van der Waals surface area contributed by atoms with E-state index in [0.717, 1.165) is 19.4 Å². The van der Waals surface area contributed by atoms with E-state index in [1.54, 1.807) is 0 Å². The fourth-order valence-electron chi connectivity index (χ4n) is 3.83. The molecule has 0 unspecified atom stereocenters. The smallest absolute Gasteiger partial charge is 0.306 e. The predicted octanol–water partition coefficient (Wildman–Crippen LogP) is 1.52. The van der Waals surface area contributed by atoms with E-state index in [0.29, 0.717) is 32.2 Å². The molecular weight excluding hydrogens is 270 g/mol. The van der Waals surface area contributed by atoms with Gasteiger partial charge in [0.15, 0.2) is 0 Å². The second-order valence-electron chi connectivity index (χ2n) is 7.16. The average molecular weight is 299 g/mol. The van der Waals surface area contributed by atoms with E-state index in [4.69, 9.17) is 5.11 Å². The van der Waals surface area contributed by atoms with Gasteiger partial charge in [0.05, 0.1) is 11.5 Å². The first-order valence-corrected chi connectivity index (χ1v) is 8.25. The van der Waals surface area contributed by atoms with Crippen molar-refractivity contribution in [2.45, 2.75) is 63.4 Å². The third kappa shape index (κ3) is 4.41. The van der Waals surface area contributed by atoms with E-state index < -0.39 is 11.6 Å². The third-order valence-electron chi connectivity index (χ3n) is 5.47. The van der Waals surface area contributed by atoms with Crippen LogP contribution in [0.5, 0.6) is 0 Å². The number of aliphatic carboxylic acids is 1. The molecule has 2 fully saturated rings. The van der Waals surface area contributed by atoms with Crippen LogP contribution in [-0.4, -0.2) is 46.6 Å². The lowest BCUT2D eigenvalue weighted by Crippen LogP contribution is -2.48. The van der Waals surface area contributed by atoms with Crippen molar-refractivity contribution in [3.05, 3.63) is 0 Å². The Morgan fingerprint density at radius 2 is 1.67 bits per heavy atom. The number of aliphatic hydroxyl groups is 2. The summed E-state index contributed by atoms with van der Waals surface area (Å²) in [5.74, 6) is -1.04. The Morgan fingerprint density at radius 1 is 1.05 bits per heavy atom. The lowest BCUT2D eigenvalue weighted by molar-refractivity contribution is -0.144. The number of rotatable bonds is 6. The van der Waals surface area contributed by atoms with Crippen molar-refractivity contribution < 1.29 is 20.1 Å². The fraction of sp³-hybridized carbons (Fsp3) is 0.938. The summed E-state index contributed by atoms with van der Waals surface area (Å²) in [4.78, 5) is 10.9. The van der Waals surface area contributed by atoms with Crippen LogP contribution < -0.4 is 5.32 Å². The number of hydrogen-bond donors (Lipinski definition) is 4. The second-order valence-corrected chi connectivity index (χ2v) is 7.16. The van der Waals surface area contributed by atoms with E-state index >= 15 is 0 Å². The van der Waals surface area contributed by atoms with Crippen LogP contribution in [0.1, 0.15) is 57.8 Å². The highest BCUT2D eigenvalue weighted by atomic mass is 16.4. The summed E-state index contributed by atoms with van der Waals surface area (Å²) in [6, 6.07) is 0. The van der Waals surface area contributed by atoms with Gasteiger partial charge in [0, 0.05) is 25.1 Å². The summed E-state index contributed by atoms with van der Waals surface area (Å²) in [5, 5.41) is 32.5. The molecule has 0 aromatic rings. The van der Waals surface area contributed by atoms with Gasteiger partial charge in [0.1, 0.15) is 0 Å². The molecule has 0 radical (unpaired) electrons. The Kier molecular flexibility index (Phi) is 5.63. The van der Waals surface area contributed by atoms with E-state index in [-0.39, 0.29) is 17.9 Å². The average Bonchev–Trinajstić information content (AvgIpc) is 2.48. The van der Waals surface area contributed by atoms with Crippen molar-refractivity contribution in [1.82, 2.24) is 5.32 Å². The van der Waals surface area contributed by atoms with Gasteiger partial charge in [-0.25, -0.2) is 0 Å². The highest BCUT2D eigenvalue weighted by Gasteiger charge is 2.37. The molecular formula is C16H29NO4. The molecule has 2 saturated carbocycles. The Bertz CT molecular complexity index is 344. The minimum absolute atomic E-state index is 0.0210. The van der Waals surface area contributed by atoms with Gasteiger partial charge in [0.25, 0.3) is 0 Å². The number of carboxylic acids is 1. The van der Waals surface area contributed by atoms with Crippen molar-refractivity contribution in [3.63, 3.8) is 0 Å². The van der Waals surface area contributed by atoms with Gasteiger partial charge in [0.2, 0.25) is 0 Å². The standard InChI is InChI=1S/C16H29NO4/c18-12-15(6-2-1-3-7-15)10-17-11-16(21)8-4-13(5-9-16)14(19)20/h13,17-18,21H,1-12H2,(H,19,20). The number of nitrogens with one attached hydrogen (secondary N) is 1. The Hall–Kier alpha value is -0.650. The van der Waals surface area contributed by atoms with Crippen LogP contribution >= 0.6 is 0 Å². The monoisotopic (exact) mass is 299 g/mol. The summed E-state index contributed by atoms with van der Waals surface area (Å²) < 4.78 is 0. The zero-order valence-corrected chi connectivity index (χ0v) is 12.8. The van der Waals surface area contributed by atoms with E-state index in [1.807, 2.05) is 0 Å². The first-order chi connectivity index (χ1) is 9.99. The number of aliphatic hydroxyl groups excluding tert-OH is 1. The molecule has 4 N–H and O–H groups in total. The maximum Gasteiger partial charge on any atom is 0.306 e. The Labute approximate surface area is 126 Å². The number of carbonyl (C=O) groups is 1. The summed E-state index contributed by atoms with van der Waals surface area (Å²) in [5.41, 5.74) is -0.801. The molecule has 0 saturated heterocycles.